The van der Waals surface area contributed by atoms with E-state index in [1.54, 1.807) is 40.5 Å². The summed E-state index contributed by atoms with van der Waals surface area (Å²) in [5, 5.41) is 0. The van der Waals surface area contributed by atoms with Crippen molar-refractivity contribution >= 4 is 22.2 Å². The Morgan fingerprint density at radius 1 is 1.03 bits per heavy atom. The molecule has 0 unspecified atom stereocenters. The van der Waals surface area contributed by atoms with Gasteiger partial charge in [0.15, 0.2) is 4.96 Å². The molecule has 0 saturated carbocycles. The molecule has 5 rings (SSSR count). The van der Waals surface area contributed by atoms with E-state index in [4.69, 9.17) is 4.98 Å². The fraction of sp³-hybridized carbons (Fsp3) is 0.250. The first-order valence-electron chi connectivity index (χ1n) is 10.5. The van der Waals surface area contributed by atoms with E-state index in [9.17, 15) is 13.6 Å². The molecule has 1 fully saturated rings. The first kappa shape index (κ1) is 20.8. The first-order valence-corrected chi connectivity index (χ1v) is 11.3. The smallest absolute Gasteiger partial charge is 0.256 e. The topological polar surface area (TPSA) is 40.9 Å². The number of aryl methyl sites for hydroxylation is 1. The van der Waals surface area contributed by atoms with Gasteiger partial charge in [-0.25, -0.2) is 13.8 Å². The SMILES string of the molecule is Cc1cn2c(CN3CCN(C(=O)c4ccccc4F)CC3)c(-c3ccc(F)cc3)nc2s1. The van der Waals surface area contributed by atoms with Gasteiger partial charge in [0.2, 0.25) is 0 Å². The van der Waals surface area contributed by atoms with Gasteiger partial charge in [-0.3, -0.25) is 14.1 Å². The molecule has 0 atom stereocenters. The van der Waals surface area contributed by atoms with Crippen molar-refractivity contribution in [1.29, 1.82) is 0 Å². The lowest BCUT2D eigenvalue weighted by Crippen LogP contribution is -2.48. The second kappa shape index (κ2) is 8.44. The molecule has 1 amide bonds. The predicted octanol–water partition coefficient (Wildman–Crippen LogP) is 4.61. The fourth-order valence-electron chi connectivity index (χ4n) is 4.12. The van der Waals surface area contributed by atoms with Gasteiger partial charge >= 0.3 is 0 Å². The minimum absolute atomic E-state index is 0.116. The zero-order valence-corrected chi connectivity index (χ0v) is 18.4. The Morgan fingerprint density at radius 3 is 2.47 bits per heavy atom. The van der Waals surface area contributed by atoms with Gasteiger partial charge in [-0.15, -0.1) is 11.3 Å². The van der Waals surface area contributed by atoms with E-state index < -0.39 is 5.82 Å². The number of halogens is 2. The standard InChI is InChI=1S/C24H22F2N4OS/c1-16-14-30-21(22(27-24(30)32-16)17-6-8-18(25)9-7-17)15-28-10-12-29(13-11-28)23(31)19-4-2-3-5-20(19)26/h2-9,14H,10-13,15H2,1H3. The maximum absolute atomic E-state index is 14.0. The maximum atomic E-state index is 14.0. The predicted molar refractivity (Wildman–Crippen MR) is 121 cm³/mol. The Labute approximate surface area is 188 Å². The summed E-state index contributed by atoms with van der Waals surface area (Å²) in [6.07, 6.45) is 2.08. The Morgan fingerprint density at radius 2 is 1.75 bits per heavy atom. The Kier molecular flexibility index (Phi) is 5.48. The van der Waals surface area contributed by atoms with Gasteiger partial charge in [-0.1, -0.05) is 12.1 Å². The number of carbonyl (C=O) groups excluding carboxylic acids is 1. The normalized spacial score (nSPS) is 14.9. The van der Waals surface area contributed by atoms with Crippen LogP contribution in [-0.4, -0.2) is 51.3 Å². The van der Waals surface area contributed by atoms with Gasteiger partial charge in [-0.05, 0) is 43.3 Å². The van der Waals surface area contributed by atoms with Crippen LogP contribution < -0.4 is 0 Å². The average molecular weight is 453 g/mol. The monoisotopic (exact) mass is 452 g/mol. The highest BCUT2D eigenvalue weighted by atomic mass is 32.1. The van der Waals surface area contributed by atoms with E-state index >= 15 is 0 Å². The van der Waals surface area contributed by atoms with Crippen LogP contribution in [0.4, 0.5) is 8.78 Å². The van der Waals surface area contributed by atoms with Crippen LogP contribution in [0.2, 0.25) is 0 Å². The molecule has 4 aromatic rings. The van der Waals surface area contributed by atoms with E-state index in [0.717, 1.165) is 21.9 Å². The maximum Gasteiger partial charge on any atom is 0.256 e. The quantitative estimate of drug-likeness (QED) is 0.454. The van der Waals surface area contributed by atoms with Crippen LogP contribution in [0.1, 0.15) is 20.9 Å². The highest BCUT2D eigenvalue weighted by molar-refractivity contribution is 7.17. The molecule has 0 spiro atoms. The summed E-state index contributed by atoms with van der Waals surface area (Å²) in [5.41, 5.74) is 2.89. The molecule has 8 heteroatoms. The lowest BCUT2D eigenvalue weighted by atomic mass is 10.1. The lowest BCUT2D eigenvalue weighted by molar-refractivity contribution is 0.0622. The third-order valence-corrected chi connectivity index (χ3v) is 6.69. The molecule has 0 radical (unpaired) electrons. The molecule has 1 aliphatic heterocycles. The number of piperazine rings is 1. The summed E-state index contributed by atoms with van der Waals surface area (Å²) in [5.74, 6) is -1.03. The molecule has 32 heavy (non-hydrogen) atoms. The van der Waals surface area contributed by atoms with Crippen LogP contribution in [0.5, 0.6) is 0 Å². The average Bonchev–Trinajstić information content (AvgIpc) is 3.31. The molecule has 3 heterocycles. The zero-order valence-electron chi connectivity index (χ0n) is 17.6. The van der Waals surface area contributed by atoms with Gasteiger partial charge in [0.05, 0.1) is 17.0 Å². The van der Waals surface area contributed by atoms with E-state index in [1.165, 1.54) is 29.1 Å². The number of rotatable bonds is 4. The van der Waals surface area contributed by atoms with Crippen molar-refractivity contribution in [3.8, 4) is 11.3 Å². The number of hydrogen-bond donors (Lipinski definition) is 0. The van der Waals surface area contributed by atoms with Crippen LogP contribution in [0.3, 0.4) is 0 Å². The largest absolute Gasteiger partial charge is 0.336 e. The minimum Gasteiger partial charge on any atom is -0.336 e. The minimum atomic E-state index is -0.488. The van der Waals surface area contributed by atoms with Crippen molar-refractivity contribution in [3.05, 3.63) is 82.5 Å². The highest BCUT2D eigenvalue weighted by Gasteiger charge is 2.26. The number of aromatic nitrogens is 2. The van der Waals surface area contributed by atoms with Crippen molar-refractivity contribution in [1.82, 2.24) is 19.2 Å². The number of benzene rings is 2. The molecule has 2 aromatic carbocycles. The number of carbonyl (C=O) groups is 1. The number of thiazole rings is 1. The Bertz CT molecular complexity index is 1270. The number of imidazole rings is 1. The van der Waals surface area contributed by atoms with E-state index in [2.05, 4.69) is 15.5 Å². The van der Waals surface area contributed by atoms with Gasteiger partial charge < -0.3 is 4.90 Å². The molecule has 1 aliphatic rings. The summed E-state index contributed by atoms with van der Waals surface area (Å²) in [6, 6.07) is 12.5. The van der Waals surface area contributed by atoms with Crippen LogP contribution in [-0.2, 0) is 6.54 Å². The highest BCUT2D eigenvalue weighted by Crippen LogP contribution is 2.29. The second-order valence-corrected chi connectivity index (χ2v) is 9.17. The Balaban J connectivity index is 1.35. The molecule has 0 bridgehead atoms. The van der Waals surface area contributed by atoms with Crippen molar-refractivity contribution in [2.75, 3.05) is 26.2 Å². The number of fused-ring (bicyclic) bond motifs is 1. The zero-order chi connectivity index (χ0) is 22.2. The second-order valence-electron chi connectivity index (χ2n) is 7.96. The summed E-state index contributed by atoms with van der Waals surface area (Å²) in [4.78, 5) is 23.6. The molecule has 2 aromatic heterocycles. The van der Waals surface area contributed by atoms with Gasteiger partial charge in [-0.2, -0.15) is 0 Å². The van der Waals surface area contributed by atoms with Crippen molar-refractivity contribution < 1.29 is 13.6 Å². The molecular weight excluding hydrogens is 430 g/mol. The van der Waals surface area contributed by atoms with Crippen LogP contribution in [0, 0.1) is 18.6 Å². The van der Waals surface area contributed by atoms with Crippen molar-refractivity contribution in [2.45, 2.75) is 13.5 Å². The van der Waals surface area contributed by atoms with Crippen LogP contribution in [0.25, 0.3) is 16.2 Å². The molecule has 164 valence electrons. The molecule has 1 saturated heterocycles. The summed E-state index contributed by atoms with van der Waals surface area (Å²) in [7, 11) is 0. The van der Waals surface area contributed by atoms with E-state index in [1.807, 2.05) is 6.92 Å². The van der Waals surface area contributed by atoms with Gasteiger partial charge in [0.1, 0.15) is 11.6 Å². The third kappa shape index (κ3) is 3.91. The molecule has 0 aliphatic carbocycles. The van der Waals surface area contributed by atoms with Crippen molar-refractivity contribution in [2.24, 2.45) is 0 Å². The molecular formula is C24H22F2N4OS. The number of nitrogens with zero attached hydrogens (tertiary/aromatic N) is 4. The van der Waals surface area contributed by atoms with Crippen LogP contribution >= 0.6 is 11.3 Å². The third-order valence-electron chi connectivity index (χ3n) is 5.80. The number of hydrogen-bond acceptors (Lipinski definition) is 4. The molecule has 0 N–H and O–H groups in total. The van der Waals surface area contributed by atoms with Crippen molar-refractivity contribution in [3.63, 3.8) is 0 Å². The van der Waals surface area contributed by atoms with Crippen LogP contribution in [0.15, 0.2) is 54.7 Å². The fourth-order valence-corrected chi connectivity index (χ4v) is 4.96. The Hall–Kier alpha value is -3.10. The van der Waals surface area contributed by atoms with Gasteiger partial charge in [0, 0.05) is 49.4 Å². The summed E-state index contributed by atoms with van der Waals surface area (Å²) in [6.45, 7) is 5.13. The lowest BCUT2D eigenvalue weighted by Gasteiger charge is -2.34. The van der Waals surface area contributed by atoms with Gasteiger partial charge in [0.25, 0.3) is 5.91 Å². The first-order chi connectivity index (χ1) is 15.5. The molecule has 5 nitrogen and oxygen atoms in total. The van der Waals surface area contributed by atoms with E-state index in [-0.39, 0.29) is 17.3 Å². The summed E-state index contributed by atoms with van der Waals surface area (Å²) >= 11 is 1.62. The van der Waals surface area contributed by atoms with E-state index in [0.29, 0.717) is 32.7 Å². The number of amides is 1. The summed E-state index contributed by atoms with van der Waals surface area (Å²) < 4.78 is 29.6.